The summed E-state index contributed by atoms with van der Waals surface area (Å²) >= 11 is 0. The molecule has 74 heavy (non-hydrogen) atoms. The highest BCUT2D eigenvalue weighted by Crippen LogP contribution is 2.54. The van der Waals surface area contributed by atoms with Crippen molar-refractivity contribution >= 4 is 57.2 Å². The Morgan fingerprint density at radius 2 is 0.865 bits per heavy atom. The molecule has 0 atom stereocenters. The highest BCUT2D eigenvalue weighted by molar-refractivity contribution is 7.00. The molecule has 0 aromatic heterocycles. The Morgan fingerprint density at radius 1 is 0.378 bits per heavy atom. The van der Waals surface area contributed by atoms with Gasteiger partial charge in [0.25, 0.3) is 6.71 Å². The lowest BCUT2D eigenvalue weighted by atomic mass is 9.33. The van der Waals surface area contributed by atoms with Crippen LogP contribution in [0.4, 0.5) is 34.1 Å². The summed E-state index contributed by atoms with van der Waals surface area (Å²) in [6, 6.07) is 51.4. The number of hydrogen-bond acceptors (Lipinski definition) is 2. The largest absolute Gasteiger partial charge is 0.311 e. The molecule has 0 spiro atoms. The zero-order valence-corrected chi connectivity index (χ0v) is 48.4. The molecular formula is C71H83BN2. The van der Waals surface area contributed by atoms with Crippen molar-refractivity contribution in [3.05, 3.63) is 172 Å². The Morgan fingerprint density at radius 3 is 1.46 bits per heavy atom. The van der Waals surface area contributed by atoms with Crippen molar-refractivity contribution in [2.45, 2.75) is 188 Å². The standard InChI is InChI=1S/C71H83BN2/c1-44-36-62-64-63(37-44)74(59-30-26-49(66(5,6)7)39-52(59)47-21-19-20-46(38-47)45-22-24-48(25-23-45)65(2,3)4)60-31-27-50(67(8,9)10)40-57(60)72(64)58-42-55-56(71(17,18)35-34-70(55,15)16)43-61(58)73(62)51-28-29-53-54(41-51)69(13,14)33-32-68(53,11)12/h19-31,36-43H,32-35H2,1-18H3. The molecule has 0 radical (unpaired) electrons. The molecule has 2 heterocycles. The minimum Gasteiger partial charge on any atom is -0.311 e. The first-order valence-corrected chi connectivity index (χ1v) is 28.0. The maximum atomic E-state index is 2.71. The summed E-state index contributed by atoms with van der Waals surface area (Å²) in [4.78, 5) is 5.38. The van der Waals surface area contributed by atoms with Gasteiger partial charge in [-0.1, -0.05) is 190 Å². The fraction of sp³-hybridized carbons (Fsp3) is 0.408. The van der Waals surface area contributed by atoms with Crippen LogP contribution in [0.3, 0.4) is 0 Å². The molecule has 0 fully saturated rings. The molecule has 0 unspecified atom stereocenters. The molecule has 7 aromatic rings. The molecule has 0 saturated carbocycles. The second-order valence-electron chi connectivity index (χ2n) is 29.0. The van der Waals surface area contributed by atoms with Gasteiger partial charge in [-0.2, -0.15) is 0 Å². The Kier molecular flexibility index (Phi) is 11.3. The number of nitrogens with zero attached hydrogens (tertiary/aromatic N) is 2. The predicted molar refractivity (Wildman–Crippen MR) is 323 cm³/mol. The van der Waals surface area contributed by atoms with Crippen molar-refractivity contribution in [2.75, 3.05) is 9.80 Å². The van der Waals surface area contributed by atoms with E-state index >= 15 is 0 Å². The minimum absolute atomic E-state index is 0.0243. The molecule has 380 valence electrons. The van der Waals surface area contributed by atoms with Crippen LogP contribution in [0.2, 0.25) is 0 Å². The maximum Gasteiger partial charge on any atom is 0.252 e. The van der Waals surface area contributed by atoms with Crippen molar-refractivity contribution in [3.8, 4) is 22.3 Å². The van der Waals surface area contributed by atoms with Crippen molar-refractivity contribution < 1.29 is 0 Å². The monoisotopic (exact) mass is 975 g/mol. The van der Waals surface area contributed by atoms with Gasteiger partial charge in [0.05, 0.1) is 5.69 Å². The molecule has 3 heteroatoms. The highest BCUT2D eigenvalue weighted by atomic mass is 15.2. The van der Waals surface area contributed by atoms with Crippen LogP contribution in [-0.4, -0.2) is 6.71 Å². The SMILES string of the molecule is Cc1cc2c3c(c1)N(c1ccc(C(C)(C)C)cc1-c1cccc(-c4ccc(C(C)(C)C)cc4)c1)c1ccc(C(C)(C)C)cc1B3c1cc3c(cc1N2c1ccc2c(c1)C(C)(C)CCC2(C)C)C(C)(C)CCC3(C)C. The van der Waals surface area contributed by atoms with Gasteiger partial charge < -0.3 is 9.80 Å². The number of fused-ring (bicyclic) bond motifs is 6. The lowest BCUT2D eigenvalue weighted by Crippen LogP contribution is -2.62. The zero-order valence-electron chi connectivity index (χ0n) is 48.4. The van der Waals surface area contributed by atoms with Gasteiger partial charge in [0.15, 0.2) is 0 Å². The van der Waals surface area contributed by atoms with Crippen LogP contribution >= 0.6 is 0 Å². The zero-order chi connectivity index (χ0) is 53.0. The molecule has 2 aliphatic carbocycles. The van der Waals surface area contributed by atoms with Crippen LogP contribution < -0.4 is 26.2 Å². The van der Waals surface area contributed by atoms with Crippen LogP contribution in [0.5, 0.6) is 0 Å². The van der Waals surface area contributed by atoms with Gasteiger partial charge in [0.2, 0.25) is 0 Å². The molecule has 0 bridgehead atoms. The van der Waals surface area contributed by atoms with Gasteiger partial charge in [-0.25, -0.2) is 0 Å². The van der Waals surface area contributed by atoms with Gasteiger partial charge in [-0.15, -0.1) is 0 Å². The quantitative estimate of drug-likeness (QED) is 0.162. The fourth-order valence-corrected chi connectivity index (χ4v) is 13.4. The average Bonchev–Trinajstić information content (AvgIpc) is 3.33. The second kappa shape index (κ2) is 16.6. The van der Waals surface area contributed by atoms with Crippen LogP contribution in [0.1, 0.15) is 188 Å². The third-order valence-electron chi connectivity index (χ3n) is 18.5. The Bertz CT molecular complexity index is 3410. The Labute approximate surface area is 447 Å². The molecule has 0 N–H and O–H groups in total. The van der Waals surface area contributed by atoms with E-state index in [-0.39, 0.29) is 44.6 Å². The van der Waals surface area contributed by atoms with E-state index in [0.29, 0.717) is 0 Å². The normalized spacial score (nSPS) is 18.0. The summed E-state index contributed by atoms with van der Waals surface area (Å²) in [6.45, 7) is 43.2. The van der Waals surface area contributed by atoms with E-state index in [4.69, 9.17) is 0 Å². The summed E-state index contributed by atoms with van der Waals surface area (Å²) in [7, 11) is 0. The van der Waals surface area contributed by atoms with Crippen molar-refractivity contribution in [3.63, 3.8) is 0 Å². The highest BCUT2D eigenvalue weighted by Gasteiger charge is 2.48. The molecule has 4 aliphatic rings. The number of anilines is 6. The minimum atomic E-state index is -0.0486. The van der Waals surface area contributed by atoms with Crippen LogP contribution in [0.15, 0.2) is 127 Å². The summed E-state index contributed by atoms with van der Waals surface area (Å²) in [5, 5.41) is 0. The molecule has 7 aromatic carbocycles. The van der Waals surface area contributed by atoms with Crippen LogP contribution in [-0.2, 0) is 37.9 Å². The first kappa shape index (κ1) is 50.4. The summed E-state index contributed by atoms with van der Waals surface area (Å²) in [5.41, 5.74) is 28.4. The van der Waals surface area contributed by atoms with E-state index in [1.807, 2.05) is 0 Å². The van der Waals surface area contributed by atoms with E-state index in [1.54, 1.807) is 0 Å². The van der Waals surface area contributed by atoms with Crippen molar-refractivity contribution in [2.24, 2.45) is 0 Å². The molecular weight excluding hydrogens is 892 g/mol. The molecule has 11 rings (SSSR count). The number of rotatable bonds is 4. The summed E-state index contributed by atoms with van der Waals surface area (Å²) < 4.78 is 0. The van der Waals surface area contributed by atoms with E-state index < -0.39 is 0 Å². The first-order chi connectivity index (χ1) is 34.4. The molecule has 0 saturated heterocycles. The lowest BCUT2D eigenvalue weighted by Gasteiger charge is -2.48. The van der Waals surface area contributed by atoms with Gasteiger partial charge in [-0.3, -0.25) is 0 Å². The van der Waals surface area contributed by atoms with E-state index in [2.05, 4.69) is 262 Å². The van der Waals surface area contributed by atoms with Crippen LogP contribution in [0.25, 0.3) is 22.3 Å². The van der Waals surface area contributed by atoms with Gasteiger partial charge >= 0.3 is 0 Å². The van der Waals surface area contributed by atoms with E-state index in [1.165, 1.54) is 143 Å². The second-order valence-corrected chi connectivity index (χ2v) is 29.0. The number of hydrogen-bond donors (Lipinski definition) is 0. The van der Waals surface area contributed by atoms with Crippen molar-refractivity contribution in [1.29, 1.82) is 0 Å². The summed E-state index contributed by atoms with van der Waals surface area (Å²) in [6.07, 6.45) is 4.72. The Hall–Kier alpha value is -5.80. The fourth-order valence-electron chi connectivity index (χ4n) is 13.4. The summed E-state index contributed by atoms with van der Waals surface area (Å²) in [5.74, 6) is 0. The molecule has 0 amide bonds. The van der Waals surface area contributed by atoms with Gasteiger partial charge in [0, 0.05) is 34.0 Å². The van der Waals surface area contributed by atoms with E-state index in [0.717, 1.165) is 0 Å². The number of benzene rings is 7. The van der Waals surface area contributed by atoms with E-state index in [9.17, 15) is 0 Å². The topological polar surface area (TPSA) is 6.48 Å². The molecule has 2 nitrogen and oxygen atoms in total. The lowest BCUT2D eigenvalue weighted by molar-refractivity contribution is 0.332. The van der Waals surface area contributed by atoms with Gasteiger partial charge in [-0.05, 0) is 203 Å². The first-order valence-electron chi connectivity index (χ1n) is 28.0. The Balaban J connectivity index is 1.22. The van der Waals surface area contributed by atoms with Gasteiger partial charge in [0.1, 0.15) is 0 Å². The maximum absolute atomic E-state index is 2.71. The molecule has 2 aliphatic heterocycles. The smallest absolute Gasteiger partial charge is 0.252 e. The average molecular weight is 975 g/mol. The van der Waals surface area contributed by atoms with Crippen LogP contribution in [0, 0.1) is 6.92 Å². The third-order valence-corrected chi connectivity index (χ3v) is 18.5. The third kappa shape index (κ3) is 8.21. The number of aryl methyl sites for hydroxylation is 1. The predicted octanol–water partition coefficient (Wildman–Crippen LogP) is 18.0. The van der Waals surface area contributed by atoms with Crippen molar-refractivity contribution in [1.82, 2.24) is 0 Å².